The largest absolute Gasteiger partial charge is 0.454 e. The minimum atomic E-state index is -0.176. The average Bonchev–Trinajstić information content (AvgIpc) is 3.22. The summed E-state index contributed by atoms with van der Waals surface area (Å²) >= 11 is 0. The number of hydrogen-bond acceptors (Lipinski definition) is 7. The summed E-state index contributed by atoms with van der Waals surface area (Å²) in [5.41, 5.74) is 2.68. The van der Waals surface area contributed by atoms with Gasteiger partial charge >= 0.3 is 0 Å². The topological polar surface area (TPSA) is 76.2 Å². The van der Waals surface area contributed by atoms with E-state index in [4.69, 9.17) is 14.2 Å². The van der Waals surface area contributed by atoms with Crippen molar-refractivity contribution in [3.05, 3.63) is 47.8 Å². The van der Waals surface area contributed by atoms with Crippen LogP contribution in [0, 0.1) is 0 Å². The second kappa shape index (κ2) is 9.11. The van der Waals surface area contributed by atoms with Gasteiger partial charge in [0.2, 0.25) is 6.79 Å². The first kappa shape index (κ1) is 19.5. The average molecular weight is 398 g/mol. The number of methoxy groups -OCH3 is 1. The SMILES string of the molecule is COCCNC(=O)c1cc(N2CCN(Cc3ccc4c(c3)OCO4)CC2)ccn1. The predicted molar refractivity (Wildman–Crippen MR) is 109 cm³/mol. The third-order valence-corrected chi connectivity index (χ3v) is 5.15. The highest BCUT2D eigenvalue weighted by Gasteiger charge is 2.20. The predicted octanol–water partition coefficient (Wildman–Crippen LogP) is 1.51. The molecule has 154 valence electrons. The number of hydrogen-bond donors (Lipinski definition) is 1. The van der Waals surface area contributed by atoms with Crippen LogP contribution in [0.5, 0.6) is 11.5 Å². The molecule has 0 radical (unpaired) electrons. The maximum atomic E-state index is 12.2. The summed E-state index contributed by atoms with van der Waals surface area (Å²) in [6.45, 7) is 5.84. The third kappa shape index (κ3) is 4.78. The van der Waals surface area contributed by atoms with Crippen LogP contribution in [0.2, 0.25) is 0 Å². The van der Waals surface area contributed by atoms with Gasteiger partial charge in [0.15, 0.2) is 11.5 Å². The number of carbonyl (C=O) groups is 1. The first-order chi connectivity index (χ1) is 14.2. The molecule has 8 nitrogen and oxygen atoms in total. The summed E-state index contributed by atoms with van der Waals surface area (Å²) in [5.74, 6) is 1.47. The number of amides is 1. The van der Waals surface area contributed by atoms with E-state index < -0.39 is 0 Å². The standard InChI is InChI=1S/C21H26N4O4/c1-27-11-6-23-21(26)18-13-17(4-5-22-18)25-9-7-24(8-10-25)14-16-2-3-19-20(12-16)29-15-28-19/h2-5,12-13H,6-11,14-15H2,1H3,(H,23,26). The molecule has 8 heteroatoms. The number of anilines is 1. The van der Waals surface area contributed by atoms with Crippen molar-refractivity contribution in [2.24, 2.45) is 0 Å². The van der Waals surface area contributed by atoms with Gasteiger partial charge in [0.1, 0.15) is 5.69 Å². The molecular formula is C21H26N4O4. The van der Waals surface area contributed by atoms with E-state index in [1.165, 1.54) is 5.56 Å². The molecule has 2 aliphatic heterocycles. The molecule has 1 saturated heterocycles. The van der Waals surface area contributed by atoms with Gasteiger partial charge < -0.3 is 24.4 Å². The zero-order chi connectivity index (χ0) is 20.1. The summed E-state index contributed by atoms with van der Waals surface area (Å²) in [4.78, 5) is 21.1. The smallest absolute Gasteiger partial charge is 0.270 e. The number of nitrogens with zero attached hydrogens (tertiary/aromatic N) is 3. The van der Waals surface area contributed by atoms with Gasteiger partial charge in [0.25, 0.3) is 5.91 Å². The lowest BCUT2D eigenvalue weighted by Gasteiger charge is -2.36. The van der Waals surface area contributed by atoms with Gasteiger partial charge in [-0.2, -0.15) is 0 Å². The molecule has 1 amide bonds. The number of rotatable bonds is 7. The number of nitrogens with one attached hydrogen (secondary N) is 1. The van der Waals surface area contributed by atoms with Crippen LogP contribution in [0.1, 0.15) is 16.1 Å². The summed E-state index contributed by atoms with van der Waals surface area (Å²) in [5, 5.41) is 2.81. The van der Waals surface area contributed by atoms with E-state index >= 15 is 0 Å². The fourth-order valence-electron chi connectivity index (χ4n) is 3.56. The van der Waals surface area contributed by atoms with Crippen molar-refractivity contribution < 1.29 is 19.0 Å². The lowest BCUT2D eigenvalue weighted by atomic mass is 10.1. The Morgan fingerprint density at radius 3 is 2.79 bits per heavy atom. The van der Waals surface area contributed by atoms with Crippen LogP contribution in [0.4, 0.5) is 5.69 Å². The first-order valence-corrected chi connectivity index (χ1v) is 9.82. The molecule has 0 atom stereocenters. The Morgan fingerprint density at radius 2 is 1.97 bits per heavy atom. The van der Waals surface area contributed by atoms with Gasteiger partial charge in [-0.25, -0.2) is 0 Å². The number of aromatic nitrogens is 1. The third-order valence-electron chi connectivity index (χ3n) is 5.15. The van der Waals surface area contributed by atoms with Gasteiger partial charge in [-0.1, -0.05) is 6.07 Å². The molecule has 2 aromatic rings. The van der Waals surface area contributed by atoms with Gasteiger partial charge in [-0.15, -0.1) is 0 Å². The summed E-state index contributed by atoms with van der Waals surface area (Å²) in [7, 11) is 1.61. The lowest BCUT2D eigenvalue weighted by molar-refractivity contribution is 0.0932. The monoisotopic (exact) mass is 398 g/mol. The molecule has 1 fully saturated rings. The van der Waals surface area contributed by atoms with E-state index in [1.807, 2.05) is 18.2 Å². The number of pyridine rings is 1. The summed E-state index contributed by atoms with van der Waals surface area (Å²) in [6, 6.07) is 9.95. The number of ether oxygens (including phenoxy) is 3. The van der Waals surface area contributed by atoms with Crippen molar-refractivity contribution in [1.29, 1.82) is 0 Å². The molecule has 0 spiro atoms. The van der Waals surface area contributed by atoms with Crippen molar-refractivity contribution in [2.75, 3.05) is 58.1 Å². The highest BCUT2D eigenvalue weighted by molar-refractivity contribution is 5.93. The van der Waals surface area contributed by atoms with E-state index in [1.54, 1.807) is 13.3 Å². The highest BCUT2D eigenvalue weighted by Crippen LogP contribution is 2.33. The van der Waals surface area contributed by atoms with Crippen molar-refractivity contribution in [3.8, 4) is 11.5 Å². The second-order valence-corrected chi connectivity index (χ2v) is 7.10. The van der Waals surface area contributed by atoms with Crippen LogP contribution >= 0.6 is 0 Å². The molecule has 0 saturated carbocycles. The second-order valence-electron chi connectivity index (χ2n) is 7.10. The molecule has 29 heavy (non-hydrogen) atoms. The van der Waals surface area contributed by atoms with Crippen LogP contribution < -0.4 is 19.7 Å². The molecule has 2 aliphatic rings. The molecule has 0 bridgehead atoms. The molecule has 1 aromatic heterocycles. The van der Waals surface area contributed by atoms with Crippen molar-refractivity contribution >= 4 is 11.6 Å². The fraction of sp³-hybridized carbons (Fsp3) is 0.429. The molecule has 0 aliphatic carbocycles. The van der Waals surface area contributed by atoms with E-state index in [-0.39, 0.29) is 5.91 Å². The van der Waals surface area contributed by atoms with Crippen molar-refractivity contribution in [1.82, 2.24) is 15.2 Å². The molecule has 1 N–H and O–H groups in total. The highest BCUT2D eigenvalue weighted by atomic mass is 16.7. The minimum absolute atomic E-state index is 0.176. The van der Waals surface area contributed by atoms with Crippen molar-refractivity contribution in [2.45, 2.75) is 6.54 Å². The fourth-order valence-corrected chi connectivity index (χ4v) is 3.56. The molecule has 1 aromatic carbocycles. The summed E-state index contributed by atoms with van der Waals surface area (Å²) in [6.07, 6.45) is 1.69. The van der Waals surface area contributed by atoms with E-state index in [2.05, 4.69) is 32.2 Å². The Balaban J connectivity index is 1.31. The Bertz CT molecular complexity index is 852. The molecule has 3 heterocycles. The van der Waals surface area contributed by atoms with Crippen LogP contribution in [-0.2, 0) is 11.3 Å². The summed E-state index contributed by atoms with van der Waals surface area (Å²) < 4.78 is 15.8. The Labute approximate surface area is 170 Å². The molecule has 4 rings (SSSR count). The zero-order valence-electron chi connectivity index (χ0n) is 16.6. The van der Waals surface area contributed by atoms with Crippen molar-refractivity contribution in [3.63, 3.8) is 0 Å². The van der Waals surface area contributed by atoms with Crippen LogP contribution in [-0.4, -0.2) is 69.0 Å². The van der Waals surface area contributed by atoms with E-state index in [0.29, 0.717) is 25.6 Å². The maximum Gasteiger partial charge on any atom is 0.270 e. The number of fused-ring (bicyclic) bond motifs is 1. The van der Waals surface area contributed by atoms with Gasteiger partial charge in [-0.05, 0) is 29.8 Å². The van der Waals surface area contributed by atoms with Gasteiger partial charge in [0, 0.05) is 58.3 Å². The molecule has 0 unspecified atom stereocenters. The van der Waals surface area contributed by atoms with Crippen LogP contribution in [0.15, 0.2) is 36.5 Å². The normalized spacial score (nSPS) is 16.1. The minimum Gasteiger partial charge on any atom is -0.454 e. The van der Waals surface area contributed by atoms with Crippen LogP contribution in [0.25, 0.3) is 0 Å². The maximum absolute atomic E-state index is 12.2. The zero-order valence-corrected chi connectivity index (χ0v) is 16.6. The van der Waals surface area contributed by atoms with Gasteiger partial charge in [-0.3, -0.25) is 14.7 Å². The van der Waals surface area contributed by atoms with Crippen LogP contribution in [0.3, 0.4) is 0 Å². The quantitative estimate of drug-likeness (QED) is 0.709. The number of benzene rings is 1. The molecular weight excluding hydrogens is 372 g/mol. The Morgan fingerprint density at radius 1 is 1.14 bits per heavy atom. The van der Waals surface area contributed by atoms with E-state index in [9.17, 15) is 4.79 Å². The lowest BCUT2D eigenvalue weighted by Crippen LogP contribution is -2.46. The Kier molecular flexibility index (Phi) is 6.12. The number of carbonyl (C=O) groups excluding carboxylic acids is 1. The van der Waals surface area contributed by atoms with E-state index in [0.717, 1.165) is 49.9 Å². The van der Waals surface area contributed by atoms with Gasteiger partial charge in [0.05, 0.1) is 6.61 Å². The number of piperazine rings is 1. The first-order valence-electron chi connectivity index (χ1n) is 9.82. The Hall–Kier alpha value is -2.84.